The molecule has 4 atom stereocenters. The van der Waals surface area contributed by atoms with Gasteiger partial charge in [-0.15, -0.1) is 0 Å². The van der Waals surface area contributed by atoms with Crippen molar-refractivity contribution in [1.82, 2.24) is 0 Å². The Labute approximate surface area is 63.0 Å². The lowest BCUT2D eigenvalue weighted by atomic mass is 9.65. The molecule has 0 aliphatic heterocycles. The molecule has 0 spiro atoms. The highest BCUT2D eigenvalue weighted by molar-refractivity contribution is 4.98. The van der Waals surface area contributed by atoms with E-state index in [1.54, 1.807) is 38.5 Å². The summed E-state index contributed by atoms with van der Waals surface area (Å²) in [6.45, 7) is 0. The molecule has 0 aromatic carbocycles. The van der Waals surface area contributed by atoms with Gasteiger partial charge in [0.15, 0.2) is 0 Å². The molecule has 3 rings (SSSR count). The normalized spacial score (nSPS) is 57.6. The summed E-state index contributed by atoms with van der Waals surface area (Å²) in [5, 5.41) is 0. The topological polar surface area (TPSA) is 0 Å². The Kier molecular flexibility index (Phi) is 1.00. The minimum Gasteiger partial charge on any atom is -0.0528 e. The molecule has 0 N–H and O–H groups in total. The van der Waals surface area contributed by atoms with Gasteiger partial charge in [0, 0.05) is 0 Å². The van der Waals surface area contributed by atoms with Gasteiger partial charge >= 0.3 is 0 Å². The van der Waals surface area contributed by atoms with Gasteiger partial charge < -0.3 is 0 Å². The SMILES string of the molecule is C1CC2CC3C[C@H](C1)[C@@H]3C2. The van der Waals surface area contributed by atoms with Gasteiger partial charge in [0.1, 0.15) is 0 Å². The molecule has 0 aromatic rings. The molecule has 3 aliphatic rings. The molecule has 10 heavy (non-hydrogen) atoms. The molecule has 0 aromatic heterocycles. The Balaban J connectivity index is 1.87. The molecule has 0 saturated heterocycles. The molecule has 3 saturated carbocycles. The summed E-state index contributed by atoms with van der Waals surface area (Å²) >= 11 is 0. The van der Waals surface area contributed by atoms with E-state index in [1.807, 2.05) is 0 Å². The van der Waals surface area contributed by atoms with Gasteiger partial charge in [-0.2, -0.15) is 0 Å². The maximum atomic E-state index is 1.62. The predicted molar refractivity (Wildman–Crippen MR) is 41.7 cm³/mol. The van der Waals surface area contributed by atoms with Crippen LogP contribution in [-0.4, -0.2) is 0 Å². The fraction of sp³-hybridized carbons (Fsp3) is 1.00. The van der Waals surface area contributed by atoms with E-state index in [2.05, 4.69) is 0 Å². The minimum absolute atomic E-state index is 1.17. The Hall–Kier alpha value is 0. The molecule has 0 nitrogen and oxygen atoms in total. The fourth-order valence-corrected chi connectivity index (χ4v) is 3.73. The van der Waals surface area contributed by atoms with Crippen molar-refractivity contribution >= 4 is 0 Å². The van der Waals surface area contributed by atoms with Gasteiger partial charge in [-0.05, 0) is 42.9 Å². The second kappa shape index (κ2) is 1.78. The summed E-state index contributed by atoms with van der Waals surface area (Å²) < 4.78 is 0. The van der Waals surface area contributed by atoms with Crippen LogP contribution in [0.3, 0.4) is 0 Å². The number of fused-ring (bicyclic) bond motifs is 1. The summed E-state index contributed by atoms with van der Waals surface area (Å²) in [7, 11) is 0. The lowest BCUT2D eigenvalue weighted by Gasteiger charge is -2.40. The highest BCUT2D eigenvalue weighted by Crippen LogP contribution is 2.58. The minimum atomic E-state index is 1.17. The van der Waals surface area contributed by atoms with Crippen LogP contribution in [0.2, 0.25) is 0 Å². The van der Waals surface area contributed by atoms with Gasteiger partial charge in [-0.25, -0.2) is 0 Å². The average Bonchev–Trinajstić information content (AvgIpc) is 2.02. The van der Waals surface area contributed by atoms with Gasteiger partial charge in [0.25, 0.3) is 0 Å². The van der Waals surface area contributed by atoms with Crippen molar-refractivity contribution < 1.29 is 0 Å². The van der Waals surface area contributed by atoms with Crippen LogP contribution in [0.1, 0.15) is 38.5 Å². The zero-order valence-electron chi connectivity index (χ0n) is 6.55. The van der Waals surface area contributed by atoms with E-state index in [4.69, 9.17) is 0 Å². The quantitative estimate of drug-likeness (QED) is 0.480. The van der Waals surface area contributed by atoms with Crippen LogP contribution in [0.4, 0.5) is 0 Å². The lowest BCUT2D eigenvalue weighted by molar-refractivity contribution is 0.0927. The summed E-state index contributed by atoms with van der Waals surface area (Å²) in [5.41, 5.74) is 0. The number of rotatable bonds is 0. The third-order valence-electron chi connectivity index (χ3n) is 4.25. The van der Waals surface area contributed by atoms with Crippen molar-refractivity contribution in [3.63, 3.8) is 0 Å². The first-order chi connectivity index (χ1) is 4.93. The summed E-state index contributed by atoms with van der Waals surface area (Å²) in [5.74, 6) is 4.78. The molecule has 3 aliphatic carbocycles. The first-order valence-electron chi connectivity index (χ1n) is 4.93. The van der Waals surface area contributed by atoms with Crippen LogP contribution in [0.25, 0.3) is 0 Å². The second-order valence-electron chi connectivity index (χ2n) is 4.69. The first kappa shape index (κ1) is 5.62. The molecule has 2 bridgehead atoms. The standard InChI is InChI=1S/C10H16/c1-2-7-4-9-6-8(3-1)10(9)5-7/h7-10H,1-6H2/t7?,8-,9?,10-/m0/s1. The van der Waals surface area contributed by atoms with Crippen LogP contribution in [0.15, 0.2) is 0 Å². The molecular formula is C10H16. The summed E-state index contributed by atoms with van der Waals surface area (Å²) in [4.78, 5) is 0. The molecule has 0 amide bonds. The van der Waals surface area contributed by atoms with Crippen LogP contribution in [0.5, 0.6) is 0 Å². The monoisotopic (exact) mass is 136 g/mol. The average molecular weight is 136 g/mol. The largest absolute Gasteiger partial charge is 0.0528 e. The van der Waals surface area contributed by atoms with Gasteiger partial charge in [-0.1, -0.05) is 19.3 Å². The predicted octanol–water partition coefficient (Wildman–Crippen LogP) is 2.83. The third-order valence-corrected chi connectivity index (χ3v) is 4.25. The van der Waals surface area contributed by atoms with Crippen LogP contribution in [0, 0.1) is 23.7 Å². The van der Waals surface area contributed by atoms with Crippen LogP contribution in [-0.2, 0) is 0 Å². The Morgan fingerprint density at radius 1 is 0.800 bits per heavy atom. The summed E-state index contributed by atoms with van der Waals surface area (Å²) in [6, 6.07) is 0. The van der Waals surface area contributed by atoms with Crippen molar-refractivity contribution in [2.75, 3.05) is 0 Å². The second-order valence-corrected chi connectivity index (χ2v) is 4.69. The molecular weight excluding hydrogens is 120 g/mol. The van der Waals surface area contributed by atoms with Crippen LogP contribution >= 0.6 is 0 Å². The molecule has 0 heteroatoms. The van der Waals surface area contributed by atoms with Crippen molar-refractivity contribution in [3.8, 4) is 0 Å². The van der Waals surface area contributed by atoms with E-state index in [-0.39, 0.29) is 0 Å². The van der Waals surface area contributed by atoms with Gasteiger partial charge in [0.05, 0.1) is 0 Å². The van der Waals surface area contributed by atoms with Crippen LogP contribution < -0.4 is 0 Å². The fourth-order valence-electron chi connectivity index (χ4n) is 3.73. The molecule has 3 fully saturated rings. The van der Waals surface area contributed by atoms with Crippen molar-refractivity contribution in [3.05, 3.63) is 0 Å². The van der Waals surface area contributed by atoms with Crippen molar-refractivity contribution in [2.24, 2.45) is 23.7 Å². The number of hydrogen-bond acceptors (Lipinski definition) is 0. The van der Waals surface area contributed by atoms with E-state index in [9.17, 15) is 0 Å². The molecule has 2 unspecified atom stereocenters. The van der Waals surface area contributed by atoms with Gasteiger partial charge in [-0.3, -0.25) is 0 Å². The Bertz CT molecular complexity index is 146. The molecule has 56 valence electrons. The Morgan fingerprint density at radius 3 is 2.80 bits per heavy atom. The first-order valence-corrected chi connectivity index (χ1v) is 4.93. The van der Waals surface area contributed by atoms with E-state index in [0.29, 0.717) is 0 Å². The third kappa shape index (κ3) is 0.580. The molecule has 0 radical (unpaired) electrons. The molecule has 0 heterocycles. The van der Waals surface area contributed by atoms with Gasteiger partial charge in [0.2, 0.25) is 0 Å². The lowest BCUT2D eigenvalue weighted by Crippen LogP contribution is -2.32. The van der Waals surface area contributed by atoms with E-state index in [0.717, 1.165) is 0 Å². The van der Waals surface area contributed by atoms with Crippen molar-refractivity contribution in [1.29, 1.82) is 0 Å². The van der Waals surface area contributed by atoms with Crippen molar-refractivity contribution in [2.45, 2.75) is 38.5 Å². The maximum absolute atomic E-state index is 1.62. The Morgan fingerprint density at radius 2 is 1.80 bits per heavy atom. The zero-order valence-corrected chi connectivity index (χ0v) is 6.55. The van der Waals surface area contributed by atoms with E-state index < -0.39 is 0 Å². The highest BCUT2D eigenvalue weighted by Gasteiger charge is 2.48. The smallest absolute Gasteiger partial charge is 0.0354 e. The number of hydrogen-bond donors (Lipinski definition) is 0. The van der Waals surface area contributed by atoms with E-state index in [1.165, 1.54) is 23.7 Å². The van der Waals surface area contributed by atoms with E-state index >= 15 is 0 Å². The highest BCUT2D eigenvalue weighted by atomic mass is 14.5. The summed E-state index contributed by atoms with van der Waals surface area (Å²) in [6.07, 6.45) is 9.55. The maximum Gasteiger partial charge on any atom is -0.0354 e. The zero-order chi connectivity index (χ0) is 6.55.